The maximum absolute atomic E-state index is 13.2. The van der Waals surface area contributed by atoms with Gasteiger partial charge in [0, 0.05) is 5.69 Å². The molecule has 35 heavy (non-hydrogen) atoms. The summed E-state index contributed by atoms with van der Waals surface area (Å²) in [5.74, 6) is -5.83. The topological polar surface area (TPSA) is 119 Å². The number of carboxylic acid groups (broad SMARTS) is 1. The van der Waals surface area contributed by atoms with Gasteiger partial charge in [0.2, 0.25) is 12.2 Å². The van der Waals surface area contributed by atoms with Crippen molar-refractivity contribution in [3.8, 4) is 0 Å². The number of nitrogens with one attached hydrogen (secondary N) is 1. The summed E-state index contributed by atoms with van der Waals surface area (Å²) in [5.41, 5.74) is -0.261. The summed E-state index contributed by atoms with van der Waals surface area (Å²) in [7, 11) is 0. The number of halogens is 3. The van der Waals surface area contributed by atoms with Crippen molar-refractivity contribution in [3.05, 3.63) is 99.8 Å². The van der Waals surface area contributed by atoms with Gasteiger partial charge in [0.1, 0.15) is 5.82 Å². The standard InChI is InChI=1S/C24H16Cl2FNO7/c25-17-7-3-1-5-15(17)23(32)34-19(21(29)28-14-11-9-13(27)10-12-14)20(22(30)31)35-24(33)16-6-2-4-8-18(16)26/h1-12,19-20H,(H,28,29)(H,30,31)/t19-,20-/m0/s1. The van der Waals surface area contributed by atoms with Crippen molar-refractivity contribution in [3.63, 3.8) is 0 Å². The maximum Gasteiger partial charge on any atom is 0.349 e. The number of ether oxygens (including phenoxy) is 2. The van der Waals surface area contributed by atoms with E-state index in [1.807, 2.05) is 0 Å². The lowest BCUT2D eigenvalue weighted by atomic mass is 10.1. The Hall–Kier alpha value is -3.95. The normalized spacial score (nSPS) is 12.2. The SMILES string of the molecule is O=C(O[C@H](C(=O)O)[C@H](OC(=O)c1ccccc1Cl)C(=O)Nc1ccc(F)cc1)c1ccccc1Cl. The molecule has 2 atom stereocenters. The molecule has 3 aromatic rings. The van der Waals surface area contributed by atoms with E-state index < -0.39 is 41.8 Å². The van der Waals surface area contributed by atoms with E-state index in [4.69, 9.17) is 32.7 Å². The molecular weight excluding hydrogens is 504 g/mol. The van der Waals surface area contributed by atoms with E-state index in [9.17, 15) is 28.7 Å². The zero-order valence-electron chi connectivity index (χ0n) is 17.6. The molecule has 0 saturated carbocycles. The highest BCUT2D eigenvalue weighted by Gasteiger charge is 2.41. The lowest BCUT2D eigenvalue weighted by Crippen LogP contribution is -2.48. The van der Waals surface area contributed by atoms with Gasteiger partial charge in [0.15, 0.2) is 0 Å². The van der Waals surface area contributed by atoms with Crippen LogP contribution in [0, 0.1) is 5.82 Å². The van der Waals surface area contributed by atoms with Crippen LogP contribution in [0.5, 0.6) is 0 Å². The lowest BCUT2D eigenvalue weighted by Gasteiger charge is -2.24. The monoisotopic (exact) mass is 519 g/mol. The average Bonchev–Trinajstić information content (AvgIpc) is 2.82. The van der Waals surface area contributed by atoms with E-state index in [-0.39, 0.29) is 26.9 Å². The number of rotatable bonds is 8. The predicted octanol–water partition coefficient (Wildman–Crippen LogP) is 4.61. The van der Waals surface area contributed by atoms with Crippen LogP contribution in [-0.4, -0.2) is 41.1 Å². The van der Waals surface area contributed by atoms with Crippen molar-refractivity contribution >= 4 is 52.7 Å². The fraction of sp³-hybridized carbons (Fsp3) is 0.0833. The molecule has 11 heteroatoms. The molecular formula is C24H16Cl2FNO7. The van der Waals surface area contributed by atoms with Crippen LogP contribution in [0.3, 0.4) is 0 Å². The van der Waals surface area contributed by atoms with E-state index in [0.717, 1.165) is 12.1 Å². The van der Waals surface area contributed by atoms with Crippen LogP contribution in [0.25, 0.3) is 0 Å². The van der Waals surface area contributed by atoms with Gasteiger partial charge in [-0.05, 0) is 48.5 Å². The van der Waals surface area contributed by atoms with Crippen molar-refractivity contribution < 1.29 is 38.1 Å². The van der Waals surface area contributed by atoms with Crippen LogP contribution < -0.4 is 5.32 Å². The van der Waals surface area contributed by atoms with Crippen LogP contribution in [0.15, 0.2) is 72.8 Å². The van der Waals surface area contributed by atoms with Crippen LogP contribution in [0.2, 0.25) is 10.0 Å². The summed E-state index contributed by atoms with van der Waals surface area (Å²) in [6.07, 6.45) is -4.43. The third kappa shape index (κ3) is 6.56. The molecule has 8 nitrogen and oxygen atoms in total. The quantitative estimate of drug-likeness (QED) is 0.417. The van der Waals surface area contributed by atoms with Gasteiger partial charge >= 0.3 is 17.9 Å². The molecule has 180 valence electrons. The number of anilines is 1. The summed E-state index contributed by atoms with van der Waals surface area (Å²) in [5, 5.41) is 12.0. The van der Waals surface area contributed by atoms with Crippen molar-refractivity contribution in [1.82, 2.24) is 0 Å². The van der Waals surface area contributed by atoms with Gasteiger partial charge in [-0.2, -0.15) is 0 Å². The number of hydrogen-bond acceptors (Lipinski definition) is 6. The van der Waals surface area contributed by atoms with E-state index in [1.54, 1.807) is 6.07 Å². The third-order valence-electron chi connectivity index (χ3n) is 4.54. The molecule has 2 N–H and O–H groups in total. The van der Waals surface area contributed by atoms with Crippen molar-refractivity contribution in [2.75, 3.05) is 5.32 Å². The van der Waals surface area contributed by atoms with E-state index >= 15 is 0 Å². The zero-order valence-corrected chi connectivity index (χ0v) is 19.1. The van der Waals surface area contributed by atoms with E-state index in [1.165, 1.54) is 54.6 Å². The molecule has 0 aliphatic carbocycles. The highest BCUT2D eigenvalue weighted by atomic mass is 35.5. The summed E-state index contributed by atoms with van der Waals surface area (Å²) in [4.78, 5) is 50.3. The van der Waals surface area contributed by atoms with Crippen molar-refractivity contribution in [2.24, 2.45) is 0 Å². The minimum atomic E-state index is -2.27. The highest BCUT2D eigenvalue weighted by molar-refractivity contribution is 6.34. The average molecular weight is 520 g/mol. The van der Waals surface area contributed by atoms with Crippen molar-refractivity contribution in [2.45, 2.75) is 12.2 Å². The second-order valence-corrected chi connectivity index (χ2v) is 7.76. The Kier molecular flexibility index (Phi) is 8.40. The van der Waals surface area contributed by atoms with E-state index in [0.29, 0.717) is 0 Å². The summed E-state index contributed by atoms with van der Waals surface area (Å²) in [6.45, 7) is 0. The number of carbonyl (C=O) groups excluding carboxylic acids is 3. The highest BCUT2D eigenvalue weighted by Crippen LogP contribution is 2.21. The Morgan fingerprint density at radius 1 is 0.743 bits per heavy atom. The van der Waals surface area contributed by atoms with Gasteiger partial charge in [0.25, 0.3) is 5.91 Å². The number of carboxylic acids is 1. The van der Waals surface area contributed by atoms with Crippen LogP contribution in [0.4, 0.5) is 10.1 Å². The predicted molar refractivity (Wildman–Crippen MR) is 124 cm³/mol. The minimum absolute atomic E-state index is 0.0184. The fourth-order valence-corrected chi connectivity index (χ4v) is 3.28. The van der Waals surface area contributed by atoms with Gasteiger partial charge < -0.3 is 19.9 Å². The first-order valence-electron chi connectivity index (χ1n) is 9.87. The molecule has 0 saturated heterocycles. The smallest absolute Gasteiger partial charge is 0.349 e. The molecule has 0 aromatic heterocycles. The molecule has 3 rings (SSSR count). The van der Waals surface area contributed by atoms with Crippen molar-refractivity contribution in [1.29, 1.82) is 0 Å². The number of esters is 2. The Morgan fingerprint density at radius 2 is 1.20 bits per heavy atom. The summed E-state index contributed by atoms with van der Waals surface area (Å²) < 4.78 is 23.4. The molecule has 0 unspecified atom stereocenters. The molecule has 3 aromatic carbocycles. The Labute approximate surface area is 208 Å². The molecule has 1 amide bonds. The molecule has 0 fully saturated rings. The first-order chi connectivity index (χ1) is 16.7. The van der Waals surface area contributed by atoms with Gasteiger partial charge in [0.05, 0.1) is 21.2 Å². The summed E-state index contributed by atoms with van der Waals surface area (Å²) in [6, 6.07) is 15.9. The van der Waals surface area contributed by atoms with E-state index in [2.05, 4.69) is 5.32 Å². The first-order valence-corrected chi connectivity index (χ1v) is 10.6. The van der Waals surface area contributed by atoms with Crippen LogP contribution >= 0.6 is 23.2 Å². The fourth-order valence-electron chi connectivity index (χ4n) is 2.85. The summed E-state index contributed by atoms with van der Waals surface area (Å²) >= 11 is 12.0. The van der Waals surface area contributed by atoms with Crippen LogP contribution in [0.1, 0.15) is 20.7 Å². The lowest BCUT2D eigenvalue weighted by molar-refractivity contribution is -0.157. The number of carbonyl (C=O) groups is 4. The third-order valence-corrected chi connectivity index (χ3v) is 5.20. The Bertz CT molecular complexity index is 1270. The second-order valence-electron chi connectivity index (χ2n) is 6.95. The minimum Gasteiger partial charge on any atom is -0.478 e. The van der Waals surface area contributed by atoms with Gasteiger partial charge in [-0.15, -0.1) is 0 Å². The Morgan fingerprint density at radius 3 is 1.66 bits per heavy atom. The molecule has 0 aliphatic rings. The number of amides is 1. The largest absolute Gasteiger partial charge is 0.478 e. The zero-order chi connectivity index (χ0) is 25.5. The maximum atomic E-state index is 13.2. The first kappa shape index (κ1) is 25.7. The molecule has 0 radical (unpaired) electrons. The van der Waals surface area contributed by atoms with Gasteiger partial charge in [-0.3, -0.25) is 4.79 Å². The Balaban J connectivity index is 1.93. The molecule has 0 aliphatic heterocycles. The van der Waals surface area contributed by atoms with Crippen LogP contribution in [-0.2, 0) is 19.1 Å². The number of hydrogen-bond donors (Lipinski definition) is 2. The van der Waals surface area contributed by atoms with Gasteiger partial charge in [-0.1, -0.05) is 47.5 Å². The molecule has 0 heterocycles. The van der Waals surface area contributed by atoms with Gasteiger partial charge in [-0.25, -0.2) is 18.8 Å². The number of aliphatic carboxylic acids is 1. The number of benzene rings is 3. The molecule has 0 spiro atoms. The molecule has 0 bridgehead atoms. The second kappa shape index (κ2) is 11.5.